The van der Waals surface area contributed by atoms with Gasteiger partial charge in [-0.3, -0.25) is 0 Å². The van der Waals surface area contributed by atoms with Crippen LogP contribution in [0.3, 0.4) is 0 Å². The normalized spacial score (nSPS) is 10.3. The summed E-state index contributed by atoms with van der Waals surface area (Å²) in [7, 11) is 0. The van der Waals surface area contributed by atoms with Crippen molar-refractivity contribution in [3.63, 3.8) is 0 Å². The Hall–Kier alpha value is -1.68. The summed E-state index contributed by atoms with van der Waals surface area (Å²) >= 11 is 3.31. The van der Waals surface area contributed by atoms with E-state index >= 15 is 0 Å². The fourth-order valence-corrected chi connectivity index (χ4v) is 2.45. The van der Waals surface area contributed by atoms with Crippen LogP contribution in [0.5, 0.6) is 5.75 Å². The first-order chi connectivity index (χ1) is 9.70. The fourth-order valence-electron chi connectivity index (χ4n) is 1.85. The highest BCUT2D eigenvalue weighted by molar-refractivity contribution is 9.10. The second-order valence-electron chi connectivity index (χ2n) is 4.37. The molecule has 0 aromatic heterocycles. The molecule has 0 unspecified atom stereocenters. The lowest BCUT2D eigenvalue weighted by atomic mass is 10.1. The molecule has 2 rings (SSSR count). The first-order valence-corrected chi connectivity index (χ1v) is 7.08. The Morgan fingerprint density at radius 1 is 1.15 bits per heavy atom. The number of hydrogen-bond acceptors (Lipinski definition) is 2. The SMILES string of the molecule is O=CCCc1cc(F)c(OCc2ccccc2)c(Br)c1. The lowest BCUT2D eigenvalue weighted by Crippen LogP contribution is -1.99. The average Bonchev–Trinajstić information content (AvgIpc) is 2.45. The number of halogens is 2. The van der Waals surface area contributed by atoms with Gasteiger partial charge in [0.2, 0.25) is 0 Å². The number of aldehydes is 1. The van der Waals surface area contributed by atoms with E-state index in [9.17, 15) is 9.18 Å². The third-order valence-corrected chi connectivity index (χ3v) is 3.42. The fraction of sp³-hybridized carbons (Fsp3) is 0.188. The van der Waals surface area contributed by atoms with Crippen molar-refractivity contribution in [3.05, 3.63) is 63.9 Å². The molecule has 0 aliphatic rings. The van der Waals surface area contributed by atoms with Crippen molar-refractivity contribution in [3.8, 4) is 5.75 Å². The van der Waals surface area contributed by atoms with Gasteiger partial charge in [0.1, 0.15) is 12.9 Å². The maximum Gasteiger partial charge on any atom is 0.169 e. The second-order valence-corrected chi connectivity index (χ2v) is 5.22. The number of ether oxygens (including phenoxy) is 1. The number of carbonyl (C=O) groups is 1. The molecule has 104 valence electrons. The van der Waals surface area contributed by atoms with Gasteiger partial charge in [0.25, 0.3) is 0 Å². The Morgan fingerprint density at radius 2 is 1.90 bits per heavy atom. The van der Waals surface area contributed by atoms with E-state index in [1.807, 2.05) is 30.3 Å². The minimum absolute atomic E-state index is 0.198. The van der Waals surface area contributed by atoms with Crippen LogP contribution in [0.2, 0.25) is 0 Å². The highest BCUT2D eigenvalue weighted by Crippen LogP contribution is 2.30. The molecule has 4 heteroatoms. The first kappa shape index (κ1) is 14.7. The van der Waals surface area contributed by atoms with E-state index in [4.69, 9.17) is 4.74 Å². The van der Waals surface area contributed by atoms with Gasteiger partial charge in [-0.25, -0.2) is 4.39 Å². The van der Waals surface area contributed by atoms with Crippen LogP contribution < -0.4 is 4.74 Å². The summed E-state index contributed by atoms with van der Waals surface area (Å²) in [6.45, 7) is 0.310. The molecule has 0 aliphatic heterocycles. The van der Waals surface area contributed by atoms with Gasteiger partial charge in [-0.15, -0.1) is 0 Å². The quantitative estimate of drug-likeness (QED) is 0.735. The molecule has 0 atom stereocenters. The zero-order chi connectivity index (χ0) is 14.4. The standard InChI is InChI=1S/C16H14BrFO2/c17-14-9-13(7-4-8-19)10-15(18)16(14)20-11-12-5-2-1-3-6-12/h1-3,5-6,8-10H,4,7,11H2. The van der Waals surface area contributed by atoms with E-state index in [1.54, 1.807) is 6.07 Å². The summed E-state index contributed by atoms with van der Waals surface area (Å²) < 4.78 is 20.1. The predicted molar refractivity (Wildman–Crippen MR) is 79.3 cm³/mol. The Bertz CT molecular complexity index is 561. The topological polar surface area (TPSA) is 26.3 Å². The minimum atomic E-state index is -0.420. The number of rotatable bonds is 6. The van der Waals surface area contributed by atoms with Crippen LogP contribution in [0.1, 0.15) is 17.5 Å². The molecule has 0 spiro atoms. The summed E-state index contributed by atoms with van der Waals surface area (Å²) in [6.07, 6.45) is 1.74. The van der Waals surface area contributed by atoms with Gasteiger partial charge in [0, 0.05) is 6.42 Å². The summed E-state index contributed by atoms with van der Waals surface area (Å²) in [5, 5.41) is 0. The molecule has 0 radical (unpaired) electrons. The monoisotopic (exact) mass is 336 g/mol. The Balaban J connectivity index is 2.10. The molecule has 2 nitrogen and oxygen atoms in total. The summed E-state index contributed by atoms with van der Waals surface area (Å²) in [6, 6.07) is 12.8. The summed E-state index contributed by atoms with van der Waals surface area (Å²) in [5.41, 5.74) is 1.75. The van der Waals surface area contributed by atoms with Gasteiger partial charge in [0.05, 0.1) is 4.47 Å². The van der Waals surface area contributed by atoms with Crippen LogP contribution >= 0.6 is 15.9 Å². The van der Waals surface area contributed by atoms with Crippen LogP contribution in [-0.4, -0.2) is 6.29 Å². The maximum atomic E-state index is 14.0. The highest BCUT2D eigenvalue weighted by atomic mass is 79.9. The van der Waals surface area contributed by atoms with Crippen molar-refractivity contribution in [1.29, 1.82) is 0 Å². The molecule has 0 saturated carbocycles. The van der Waals surface area contributed by atoms with Gasteiger partial charge >= 0.3 is 0 Å². The lowest BCUT2D eigenvalue weighted by Gasteiger charge is -2.11. The van der Waals surface area contributed by atoms with Crippen LogP contribution in [-0.2, 0) is 17.8 Å². The third-order valence-electron chi connectivity index (χ3n) is 2.83. The summed E-state index contributed by atoms with van der Waals surface area (Å²) in [4.78, 5) is 10.3. The molecule has 0 bridgehead atoms. The number of hydrogen-bond donors (Lipinski definition) is 0. The van der Waals surface area contributed by atoms with E-state index in [-0.39, 0.29) is 5.75 Å². The zero-order valence-corrected chi connectivity index (χ0v) is 12.4. The Kier molecular flexibility index (Phi) is 5.30. The molecule has 20 heavy (non-hydrogen) atoms. The minimum Gasteiger partial charge on any atom is -0.485 e. The summed E-state index contributed by atoms with van der Waals surface area (Å²) in [5.74, 6) is -0.222. The van der Waals surface area contributed by atoms with Crippen LogP contribution in [0, 0.1) is 5.82 Å². The van der Waals surface area contributed by atoms with Crippen molar-refractivity contribution >= 4 is 22.2 Å². The van der Waals surface area contributed by atoms with Crippen molar-refractivity contribution in [2.24, 2.45) is 0 Å². The first-order valence-electron chi connectivity index (χ1n) is 6.29. The van der Waals surface area contributed by atoms with E-state index in [2.05, 4.69) is 15.9 Å². The Morgan fingerprint density at radius 3 is 2.55 bits per heavy atom. The van der Waals surface area contributed by atoms with Gasteiger partial charge in [-0.1, -0.05) is 30.3 Å². The number of aryl methyl sites for hydroxylation is 1. The molecule has 0 heterocycles. The molecular formula is C16H14BrFO2. The highest BCUT2D eigenvalue weighted by Gasteiger charge is 2.11. The van der Waals surface area contributed by atoms with E-state index < -0.39 is 5.82 Å². The lowest BCUT2D eigenvalue weighted by molar-refractivity contribution is -0.107. The van der Waals surface area contributed by atoms with E-state index in [1.165, 1.54) is 6.07 Å². The molecule has 2 aromatic rings. The third kappa shape index (κ3) is 3.90. The van der Waals surface area contributed by atoms with Crippen molar-refractivity contribution in [2.45, 2.75) is 19.4 Å². The number of benzene rings is 2. The van der Waals surface area contributed by atoms with E-state index in [0.717, 1.165) is 17.4 Å². The van der Waals surface area contributed by atoms with Gasteiger partial charge < -0.3 is 9.53 Å². The van der Waals surface area contributed by atoms with Crippen molar-refractivity contribution < 1.29 is 13.9 Å². The van der Waals surface area contributed by atoms with Crippen molar-refractivity contribution in [1.82, 2.24) is 0 Å². The molecule has 0 fully saturated rings. The predicted octanol–water partition coefficient (Wildman–Crippen LogP) is 4.30. The van der Waals surface area contributed by atoms with Gasteiger partial charge in [-0.2, -0.15) is 0 Å². The molecule has 0 aliphatic carbocycles. The van der Waals surface area contributed by atoms with Crippen LogP contribution in [0.15, 0.2) is 46.9 Å². The van der Waals surface area contributed by atoms with Gasteiger partial charge in [-0.05, 0) is 45.6 Å². The Labute approximate surface area is 125 Å². The maximum absolute atomic E-state index is 14.0. The molecular weight excluding hydrogens is 323 g/mol. The van der Waals surface area contributed by atoms with Gasteiger partial charge in [0.15, 0.2) is 11.6 Å². The molecule has 0 N–H and O–H groups in total. The average molecular weight is 337 g/mol. The second kappa shape index (κ2) is 7.20. The molecule has 0 amide bonds. The number of carbonyl (C=O) groups excluding carboxylic acids is 1. The zero-order valence-electron chi connectivity index (χ0n) is 10.8. The van der Waals surface area contributed by atoms with E-state index in [0.29, 0.717) is 23.9 Å². The molecule has 2 aromatic carbocycles. The smallest absolute Gasteiger partial charge is 0.169 e. The molecule has 0 saturated heterocycles. The van der Waals surface area contributed by atoms with Crippen LogP contribution in [0.4, 0.5) is 4.39 Å². The van der Waals surface area contributed by atoms with Crippen LogP contribution in [0.25, 0.3) is 0 Å². The largest absolute Gasteiger partial charge is 0.485 e. The van der Waals surface area contributed by atoms with Crippen molar-refractivity contribution in [2.75, 3.05) is 0 Å².